The van der Waals surface area contributed by atoms with Gasteiger partial charge in [-0.25, -0.2) is 8.42 Å². The predicted octanol–water partition coefficient (Wildman–Crippen LogP) is 3.57. The molecule has 0 aliphatic rings. The lowest BCUT2D eigenvalue weighted by molar-refractivity contribution is 0.600. The third kappa shape index (κ3) is 4.31. The molecule has 0 spiro atoms. The molecule has 0 aromatic heterocycles. The number of sulfonamides is 1. The van der Waals surface area contributed by atoms with Gasteiger partial charge in [0.2, 0.25) is 10.0 Å². The van der Waals surface area contributed by atoms with E-state index in [0.29, 0.717) is 16.8 Å². The van der Waals surface area contributed by atoms with Gasteiger partial charge in [-0.3, -0.25) is 4.72 Å². The molecule has 108 valence electrons. The van der Waals surface area contributed by atoms with Crippen LogP contribution in [0.1, 0.15) is 16.7 Å². The summed E-state index contributed by atoms with van der Waals surface area (Å²) in [5, 5.41) is 9.01. The Morgan fingerprint density at radius 2 is 1.95 bits per heavy atom. The zero-order valence-corrected chi connectivity index (χ0v) is 13.7. The van der Waals surface area contributed by atoms with Crippen molar-refractivity contribution in [3.05, 3.63) is 63.6 Å². The summed E-state index contributed by atoms with van der Waals surface area (Å²) < 4.78 is 27.8. The first kappa shape index (κ1) is 15.5. The van der Waals surface area contributed by atoms with Gasteiger partial charge in [0.05, 0.1) is 17.4 Å². The largest absolute Gasteiger partial charge is 0.283 e. The van der Waals surface area contributed by atoms with Gasteiger partial charge in [-0.15, -0.1) is 0 Å². The van der Waals surface area contributed by atoms with Gasteiger partial charge in [0.1, 0.15) is 0 Å². The molecule has 21 heavy (non-hydrogen) atoms. The maximum Gasteiger partial charge on any atom is 0.236 e. The molecule has 0 aliphatic heterocycles. The van der Waals surface area contributed by atoms with Crippen molar-refractivity contribution in [3.8, 4) is 6.07 Å². The summed E-state index contributed by atoms with van der Waals surface area (Å²) in [7, 11) is -3.58. The van der Waals surface area contributed by atoms with Crippen molar-refractivity contribution in [2.45, 2.75) is 12.7 Å². The molecule has 6 heteroatoms. The van der Waals surface area contributed by atoms with E-state index in [-0.39, 0.29) is 5.75 Å². The van der Waals surface area contributed by atoms with Crippen molar-refractivity contribution in [3.63, 3.8) is 0 Å². The Labute approximate surface area is 132 Å². The summed E-state index contributed by atoms with van der Waals surface area (Å²) in [5.41, 5.74) is 2.29. The van der Waals surface area contributed by atoms with Gasteiger partial charge >= 0.3 is 0 Å². The van der Waals surface area contributed by atoms with Crippen LogP contribution in [0.5, 0.6) is 0 Å². The quantitative estimate of drug-likeness (QED) is 0.901. The fraction of sp³-hybridized carbons (Fsp3) is 0.133. The van der Waals surface area contributed by atoms with E-state index < -0.39 is 10.0 Å². The second kappa shape index (κ2) is 6.29. The highest BCUT2D eigenvalue weighted by Crippen LogP contribution is 2.21. The molecule has 0 saturated carbocycles. The van der Waals surface area contributed by atoms with Crippen LogP contribution in [0.4, 0.5) is 5.69 Å². The molecule has 0 atom stereocenters. The monoisotopic (exact) mass is 364 g/mol. The first-order chi connectivity index (χ1) is 9.89. The minimum Gasteiger partial charge on any atom is -0.283 e. The molecule has 2 aromatic carbocycles. The number of anilines is 1. The average molecular weight is 365 g/mol. The number of halogens is 1. The lowest BCUT2D eigenvalue weighted by atomic mass is 10.1. The van der Waals surface area contributed by atoms with Crippen molar-refractivity contribution < 1.29 is 8.42 Å². The first-order valence-electron chi connectivity index (χ1n) is 6.15. The summed E-state index contributed by atoms with van der Waals surface area (Å²) in [6.07, 6.45) is 0. The summed E-state index contributed by atoms with van der Waals surface area (Å²) in [4.78, 5) is 0. The van der Waals surface area contributed by atoms with E-state index in [0.717, 1.165) is 10.0 Å². The Hall–Kier alpha value is -1.84. The molecule has 2 aromatic rings. The molecule has 0 amide bonds. The van der Waals surface area contributed by atoms with Crippen molar-refractivity contribution in [2.24, 2.45) is 0 Å². The van der Waals surface area contributed by atoms with E-state index in [4.69, 9.17) is 5.26 Å². The molecule has 2 rings (SSSR count). The molecule has 0 radical (unpaired) electrons. The normalized spacial score (nSPS) is 10.9. The fourth-order valence-corrected chi connectivity index (χ4v) is 3.79. The molecule has 1 N–H and O–H groups in total. The van der Waals surface area contributed by atoms with Crippen LogP contribution in [-0.4, -0.2) is 8.42 Å². The number of nitrogens with one attached hydrogen (secondary N) is 1. The molecule has 0 heterocycles. The summed E-state index contributed by atoms with van der Waals surface area (Å²) >= 11 is 3.33. The number of nitriles is 1. The topological polar surface area (TPSA) is 70.0 Å². The first-order valence-corrected chi connectivity index (χ1v) is 8.60. The number of nitrogens with zero attached hydrogens (tertiary/aromatic N) is 1. The van der Waals surface area contributed by atoms with Gasteiger partial charge < -0.3 is 0 Å². The summed E-state index contributed by atoms with van der Waals surface area (Å²) in [6, 6.07) is 14.0. The van der Waals surface area contributed by atoms with Crippen LogP contribution in [0.2, 0.25) is 0 Å². The van der Waals surface area contributed by atoms with Crippen LogP contribution in [0, 0.1) is 18.3 Å². The Bertz CT molecular complexity index is 790. The van der Waals surface area contributed by atoms with E-state index in [1.165, 1.54) is 0 Å². The van der Waals surface area contributed by atoms with Crippen LogP contribution in [0.3, 0.4) is 0 Å². The zero-order valence-electron chi connectivity index (χ0n) is 11.3. The third-order valence-corrected chi connectivity index (χ3v) is 4.49. The fourth-order valence-electron chi connectivity index (χ4n) is 1.97. The van der Waals surface area contributed by atoms with Crippen molar-refractivity contribution in [2.75, 3.05) is 4.72 Å². The van der Waals surface area contributed by atoms with E-state index in [1.807, 2.05) is 19.1 Å². The minimum atomic E-state index is -3.58. The van der Waals surface area contributed by atoms with E-state index in [2.05, 4.69) is 20.7 Å². The van der Waals surface area contributed by atoms with E-state index in [1.54, 1.807) is 36.4 Å². The molecule has 0 unspecified atom stereocenters. The third-order valence-electron chi connectivity index (χ3n) is 2.80. The number of rotatable bonds is 4. The van der Waals surface area contributed by atoms with Gasteiger partial charge in [-0.05, 0) is 42.3 Å². The molecular formula is C15H13BrN2O2S. The minimum absolute atomic E-state index is 0.234. The molecule has 0 bridgehead atoms. The zero-order chi connectivity index (χ0) is 15.5. The molecule has 4 nitrogen and oxygen atoms in total. The van der Waals surface area contributed by atoms with Crippen molar-refractivity contribution >= 4 is 31.6 Å². The maximum atomic E-state index is 12.2. The summed E-state index contributed by atoms with van der Waals surface area (Å²) in [5.74, 6) is -0.234. The lowest BCUT2D eigenvalue weighted by Crippen LogP contribution is -2.15. The van der Waals surface area contributed by atoms with Gasteiger partial charge in [0.15, 0.2) is 0 Å². The maximum absolute atomic E-state index is 12.2. The predicted molar refractivity (Wildman–Crippen MR) is 86.3 cm³/mol. The van der Waals surface area contributed by atoms with Crippen LogP contribution in [-0.2, 0) is 15.8 Å². The Balaban J connectivity index is 2.25. The Kier molecular flexibility index (Phi) is 4.66. The van der Waals surface area contributed by atoms with Gasteiger partial charge in [-0.2, -0.15) is 5.26 Å². The van der Waals surface area contributed by atoms with Crippen molar-refractivity contribution in [1.29, 1.82) is 5.26 Å². The van der Waals surface area contributed by atoms with Crippen molar-refractivity contribution in [1.82, 2.24) is 0 Å². The van der Waals surface area contributed by atoms with Gasteiger partial charge in [0.25, 0.3) is 0 Å². The number of aryl methyl sites for hydroxylation is 1. The highest BCUT2D eigenvalue weighted by atomic mass is 79.9. The standard InChI is InChI=1S/C15H13BrN2O2S/c1-11-6-14(16)8-15(7-11)18-21(19,20)10-13-5-3-2-4-12(13)9-17/h2-8,18H,10H2,1H3. The molecule has 0 fully saturated rings. The van der Waals surface area contributed by atoms with Crippen LogP contribution in [0.15, 0.2) is 46.9 Å². The number of benzene rings is 2. The van der Waals surface area contributed by atoms with Crippen LogP contribution >= 0.6 is 15.9 Å². The van der Waals surface area contributed by atoms with Gasteiger partial charge in [-0.1, -0.05) is 34.1 Å². The SMILES string of the molecule is Cc1cc(Br)cc(NS(=O)(=O)Cc2ccccc2C#N)c1. The Morgan fingerprint density at radius 1 is 1.24 bits per heavy atom. The smallest absolute Gasteiger partial charge is 0.236 e. The Morgan fingerprint density at radius 3 is 2.62 bits per heavy atom. The van der Waals surface area contributed by atoms with Crippen LogP contribution in [0.25, 0.3) is 0 Å². The lowest BCUT2D eigenvalue weighted by Gasteiger charge is -2.10. The van der Waals surface area contributed by atoms with Crippen LogP contribution < -0.4 is 4.72 Å². The molecule has 0 saturated heterocycles. The second-order valence-corrected chi connectivity index (χ2v) is 7.29. The van der Waals surface area contributed by atoms with Gasteiger partial charge in [0, 0.05) is 10.2 Å². The number of hydrogen-bond acceptors (Lipinski definition) is 3. The highest BCUT2D eigenvalue weighted by molar-refractivity contribution is 9.10. The second-order valence-electron chi connectivity index (χ2n) is 4.65. The van der Waals surface area contributed by atoms with E-state index in [9.17, 15) is 8.42 Å². The average Bonchev–Trinajstić information content (AvgIpc) is 2.36. The molecular weight excluding hydrogens is 352 g/mol. The number of hydrogen-bond donors (Lipinski definition) is 1. The molecule has 0 aliphatic carbocycles. The summed E-state index contributed by atoms with van der Waals surface area (Å²) in [6.45, 7) is 1.88. The van der Waals surface area contributed by atoms with E-state index >= 15 is 0 Å². The highest BCUT2D eigenvalue weighted by Gasteiger charge is 2.14.